The highest BCUT2D eigenvalue weighted by Crippen LogP contribution is 2.25. The molecule has 0 aliphatic heterocycles. The lowest BCUT2D eigenvalue weighted by atomic mass is 10.0. The van der Waals surface area contributed by atoms with Gasteiger partial charge in [-0.1, -0.05) is 25.5 Å². The third-order valence-electron chi connectivity index (χ3n) is 4.67. The second kappa shape index (κ2) is 12.1. The number of carbonyl (C=O) groups excluding carboxylic acids is 4. The normalized spacial score (nSPS) is 13.9. The molecule has 4 amide bonds. The van der Waals surface area contributed by atoms with Gasteiger partial charge in [-0.2, -0.15) is 0 Å². The third-order valence-corrected chi connectivity index (χ3v) is 4.67. The van der Waals surface area contributed by atoms with Crippen molar-refractivity contribution in [1.29, 1.82) is 0 Å². The van der Waals surface area contributed by atoms with E-state index in [2.05, 4.69) is 10.6 Å². The molecule has 0 spiro atoms. The molecular formula is C23H36N4O6. The summed E-state index contributed by atoms with van der Waals surface area (Å²) in [6.07, 6.45) is 0.211. The molecule has 10 nitrogen and oxygen atoms in total. The molecule has 1 rings (SSSR count). The summed E-state index contributed by atoms with van der Waals surface area (Å²) in [4.78, 5) is 51.4. The van der Waals surface area contributed by atoms with Crippen LogP contribution in [0.3, 0.4) is 0 Å². The third kappa shape index (κ3) is 9.38. The first-order chi connectivity index (χ1) is 15.2. The van der Waals surface area contributed by atoms with Gasteiger partial charge >= 0.3 is 6.09 Å². The summed E-state index contributed by atoms with van der Waals surface area (Å²) in [6.45, 7) is 8.81. The molecule has 0 fully saturated rings. The Kier molecular flexibility index (Phi) is 10.2. The number of nitrogens with two attached hydrogens (primary N) is 1. The Morgan fingerprint density at radius 2 is 1.82 bits per heavy atom. The predicted octanol–water partition coefficient (Wildman–Crippen LogP) is 1.97. The number of phenols is 1. The molecule has 3 unspecified atom stereocenters. The zero-order valence-electron chi connectivity index (χ0n) is 20.2. The fraction of sp³-hybridized carbons (Fsp3) is 0.565. The summed E-state index contributed by atoms with van der Waals surface area (Å²) in [5.41, 5.74) is 4.83. The van der Waals surface area contributed by atoms with Crippen LogP contribution < -0.4 is 16.4 Å². The van der Waals surface area contributed by atoms with Crippen molar-refractivity contribution in [3.63, 3.8) is 0 Å². The zero-order valence-corrected chi connectivity index (χ0v) is 20.2. The van der Waals surface area contributed by atoms with Crippen LogP contribution in [0.5, 0.6) is 5.75 Å². The van der Waals surface area contributed by atoms with E-state index in [4.69, 9.17) is 10.5 Å². The quantitative estimate of drug-likeness (QED) is 0.415. The molecule has 184 valence electrons. The number of nitrogens with zero attached hydrogens (tertiary/aromatic N) is 1. The van der Waals surface area contributed by atoms with Gasteiger partial charge in [0.15, 0.2) is 0 Å². The molecule has 0 aliphatic carbocycles. The number of primary amides is 1. The first-order valence-electron chi connectivity index (χ1n) is 10.9. The number of likely N-dealkylation sites (N-methyl/N-ethyl adjacent to an activating group) is 1. The van der Waals surface area contributed by atoms with E-state index in [1.165, 1.54) is 19.2 Å². The second-order valence-corrected chi connectivity index (χ2v) is 9.01. The maximum Gasteiger partial charge on any atom is 0.408 e. The first-order valence-corrected chi connectivity index (χ1v) is 10.9. The molecule has 33 heavy (non-hydrogen) atoms. The minimum absolute atomic E-state index is 0.0756. The minimum Gasteiger partial charge on any atom is -0.508 e. The number of benzene rings is 1. The van der Waals surface area contributed by atoms with E-state index in [1.807, 2.05) is 13.8 Å². The van der Waals surface area contributed by atoms with Gasteiger partial charge in [-0.15, -0.1) is 0 Å². The van der Waals surface area contributed by atoms with Gasteiger partial charge in [0.25, 0.3) is 0 Å². The molecule has 0 heterocycles. The number of hydrogen-bond acceptors (Lipinski definition) is 6. The van der Waals surface area contributed by atoms with Crippen LogP contribution in [-0.4, -0.2) is 58.6 Å². The van der Waals surface area contributed by atoms with Gasteiger partial charge in [0, 0.05) is 13.1 Å². The lowest BCUT2D eigenvalue weighted by Crippen LogP contribution is -2.53. The van der Waals surface area contributed by atoms with Gasteiger partial charge in [-0.3, -0.25) is 14.4 Å². The molecule has 5 N–H and O–H groups in total. The number of amides is 4. The van der Waals surface area contributed by atoms with Gasteiger partial charge in [0.2, 0.25) is 17.7 Å². The molecule has 0 saturated carbocycles. The molecular weight excluding hydrogens is 428 g/mol. The molecule has 0 saturated heterocycles. The summed E-state index contributed by atoms with van der Waals surface area (Å²) in [7, 11) is 1.38. The fourth-order valence-electron chi connectivity index (χ4n) is 3.30. The Balaban J connectivity index is 3.25. The number of aromatic hydroxyl groups is 1. The van der Waals surface area contributed by atoms with Crippen molar-refractivity contribution >= 4 is 23.8 Å². The standard InChI is InChI=1S/C23H36N4O6/c1-7-9-14(2)25-20(30)19(15-10-8-11-16(28)12-15)27(6)21(31)17(13-18(24)29)26-22(32)33-23(3,4)5/h8,10-12,14,17,19,28H,7,9,13H2,1-6H3,(H2,24,29)(H,25,30)(H,26,32). The SMILES string of the molecule is CCCC(C)NC(=O)C(c1cccc(O)c1)N(C)C(=O)C(CC(N)=O)NC(=O)OC(C)(C)C. The van der Waals surface area contributed by atoms with E-state index in [9.17, 15) is 24.3 Å². The molecule has 1 aromatic carbocycles. The second-order valence-electron chi connectivity index (χ2n) is 9.01. The topological polar surface area (TPSA) is 151 Å². The van der Waals surface area contributed by atoms with Gasteiger partial charge in [-0.25, -0.2) is 4.79 Å². The highest BCUT2D eigenvalue weighted by molar-refractivity contribution is 5.94. The van der Waals surface area contributed by atoms with Crippen molar-refractivity contribution in [3.05, 3.63) is 29.8 Å². The lowest BCUT2D eigenvalue weighted by Gasteiger charge is -2.32. The molecule has 10 heteroatoms. The van der Waals surface area contributed by atoms with E-state index >= 15 is 0 Å². The first kappa shape index (κ1) is 27.7. The van der Waals surface area contributed by atoms with Crippen molar-refractivity contribution < 1.29 is 29.0 Å². The van der Waals surface area contributed by atoms with Crippen LogP contribution in [0.2, 0.25) is 0 Å². The van der Waals surface area contributed by atoms with Crippen LogP contribution in [0.1, 0.15) is 65.5 Å². The summed E-state index contributed by atoms with van der Waals surface area (Å²) in [6, 6.07) is 3.36. The molecule has 0 radical (unpaired) electrons. The predicted molar refractivity (Wildman–Crippen MR) is 123 cm³/mol. The number of phenolic OH excluding ortho intramolecular Hbond substituents is 1. The molecule has 1 aromatic rings. The molecule has 0 aliphatic rings. The summed E-state index contributed by atoms with van der Waals surface area (Å²) in [5.74, 6) is -2.07. The minimum atomic E-state index is -1.34. The fourth-order valence-corrected chi connectivity index (χ4v) is 3.30. The van der Waals surface area contributed by atoms with Crippen molar-refractivity contribution in [2.75, 3.05) is 7.05 Å². The maximum absolute atomic E-state index is 13.3. The van der Waals surface area contributed by atoms with Crippen LogP contribution >= 0.6 is 0 Å². The van der Waals surface area contributed by atoms with Crippen molar-refractivity contribution in [2.24, 2.45) is 5.73 Å². The van der Waals surface area contributed by atoms with Crippen molar-refractivity contribution in [3.8, 4) is 5.75 Å². The summed E-state index contributed by atoms with van der Waals surface area (Å²) < 4.78 is 5.18. The van der Waals surface area contributed by atoms with E-state index in [-0.39, 0.29) is 11.8 Å². The smallest absolute Gasteiger partial charge is 0.408 e. The molecule has 0 aromatic heterocycles. The number of hydrogen-bond donors (Lipinski definition) is 4. The number of ether oxygens (including phenoxy) is 1. The van der Waals surface area contributed by atoms with Gasteiger partial charge < -0.3 is 31.1 Å². The van der Waals surface area contributed by atoms with Crippen LogP contribution in [0.15, 0.2) is 24.3 Å². The van der Waals surface area contributed by atoms with E-state index in [0.29, 0.717) is 5.56 Å². The largest absolute Gasteiger partial charge is 0.508 e. The van der Waals surface area contributed by atoms with Gasteiger partial charge in [0.05, 0.1) is 6.42 Å². The Morgan fingerprint density at radius 1 is 1.18 bits per heavy atom. The average Bonchev–Trinajstić information content (AvgIpc) is 2.65. The Bertz CT molecular complexity index is 852. The van der Waals surface area contributed by atoms with E-state index < -0.39 is 47.9 Å². The van der Waals surface area contributed by atoms with Crippen LogP contribution in [0, 0.1) is 0 Å². The van der Waals surface area contributed by atoms with Crippen molar-refractivity contribution in [2.45, 2.75) is 77.6 Å². The van der Waals surface area contributed by atoms with Crippen LogP contribution in [-0.2, 0) is 19.1 Å². The summed E-state index contributed by atoms with van der Waals surface area (Å²) >= 11 is 0. The molecule has 3 atom stereocenters. The lowest BCUT2D eigenvalue weighted by molar-refractivity contribution is -0.142. The van der Waals surface area contributed by atoms with Crippen LogP contribution in [0.25, 0.3) is 0 Å². The number of carbonyl (C=O) groups is 4. The number of rotatable bonds is 10. The zero-order chi connectivity index (χ0) is 25.3. The Morgan fingerprint density at radius 3 is 2.33 bits per heavy atom. The van der Waals surface area contributed by atoms with Gasteiger partial charge in [0.1, 0.15) is 23.4 Å². The maximum atomic E-state index is 13.3. The van der Waals surface area contributed by atoms with E-state index in [0.717, 1.165) is 17.7 Å². The molecule has 0 bridgehead atoms. The average molecular weight is 465 g/mol. The number of alkyl carbamates (subject to hydrolysis) is 1. The van der Waals surface area contributed by atoms with Crippen molar-refractivity contribution in [1.82, 2.24) is 15.5 Å². The monoisotopic (exact) mass is 464 g/mol. The van der Waals surface area contributed by atoms with Gasteiger partial charge in [-0.05, 0) is 51.8 Å². The highest BCUT2D eigenvalue weighted by Gasteiger charge is 2.35. The Hall–Kier alpha value is -3.30. The number of nitrogens with one attached hydrogen (secondary N) is 2. The summed E-state index contributed by atoms with van der Waals surface area (Å²) in [5, 5.41) is 15.2. The van der Waals surface area contributed by atoms with Crippen LogP contribution in [0.4, 0.5) is 4.79 Å². The van der Waals surface area contributed by atoms with E-state index in [1.54, 1.807) is 32.9 Å². The Labute approximate surface area is 194 Å². The highest BCUT2D eigenvalue weighted by atomic mass is 16.6.